The van der Waals surface area contributed by atoms with Crippen molar-refractivity contribution in [3.05, 3.63) is 29.6 Å². The van der Waals surface area contributed by atoms with Crippen molar-refractivity contribution in [3.63, 3.8) is 0 Å². The van der Waals surface area contributed by atoms with Crippen molar-refractivity contribution in [2.75, 3.05) is 20.3 Å². The van der Waals surface area contributed by atoms with Crippen molar-refractivity contribution in [3.8, 4) is 5.75 Å². The van der Waals surface area contributed by atoms with Crippen molar-refractivity contribution in [2.24, 2.45) is 5.92 Å². The minimum Gasteiger partial charge on any atom is -0.494 e. The summed E-state index contributed by atoms with van der Waals surface area (Å²) >= 11 is 0. The quantitative estimate of drug-likeness (QED) is 0.756. The normalized spacial score (nSPS) is 19.3. The van der Waals surface area contributed by atoms with Crippen LogP contribution >= 0.6 is 0 Å². The number of Topliss-reactive ketones (excluding diaryl/α,β-unsaturated/α-hetero) is 1. The van der Waals surface area contributed by atoms with Crippen molar-refractivity contribution < 1.29 is 18.7 Å². The number of ether oxygens (including phenoxy) is 2. The van der Waals surface area contributed by atoms with Gasteiger partial charge in [-0.3, -0.25) is 4.79 Å². The van der Waals surface area contributed by atoms with Crippen LogP contribution in [0.4, 0.5) is 4.39 Å². The average Bonchev–Trinajstić information content (AvgIpc) is 2.81. The Bertz CT molecular complexity index is 411. The van der Waals surface area contributed by atoms with E-state index in [0.29, 0.717) is 18.6 Å². The molecule has 1 saturated heterocycles. The second-order valence-corrected chi connectivity index (χ2v) is 4.21. The van der Waals surface area contributed by atoms with E-state index in [4.69, 9.17) is 9.47 Å². The molecule has 0 amide bonds. The minimum atomic E-state index is -0.499. The molecule has 0 saturated carbocycles. The van der Waals surface area contributed by atoms with Gasteiger partial charge in [-0.05, 0) is 30.5 Å². The number of hydrogen-bond donors (Lipinski definition) is 0. The second kappa shape index (κ2) is 5.27. The highest BCUT2D eigenvalue weighted by Gasteiger charge is 2.20. The van der Waals surface area contributed by atoms with Crippen LogP contribution in [0.15, 0.2) is 18.2 Å². The number of benzene rings is 1. The topological polar surface area (TPSA) is 35.5 Å². The van der Waals surface area contributed by atoms with Crippen LogP contribution in [0.3, 0.4) is 0 Å². The SMILES string of the molecule is COc1ccc(C(=O)CC2CCOC2)cc1F. The van der Waals surface area contributed by atoms with Gasteiger partial charge in [0.05, 0.1) is 7.11 Å². The molecule has 92 valence electrons. The number of rotatable bonds is 4. The van der Waals surface area contributed by atoms with E-state index in [9.17, 15) is 9.18 Å². The van der Waals surface area contributed by atoms with Crippen molar-refractivity contribution >= 4 is 5.78 Å². The summed E-state index contributed by atoms with van der Waals surface area (Å²) in [5.41, 5.74) is 0.398. The second-order valence-electron chi connectivity index (χ2n) is 4.21. The van der Waals surface area contributed by atoms with Gasteiger partial charge in [-0.15, -0.1) is 0 Å². The summed E-state index contributed by atoms with van der Waals surface area (Å²) in [5.74, 6) is -0.110. The summed E-state index contributed by atoms with van der Waals surface area (Å²) in [6.07, 6.45) is 1.33. The van der Waals surface area contributed by atoms with Gasteiger partial charge in [-0.25, -0.2) is 4.39 Å². The molecule has 1 fully saturated rings. The first-order chi connectivity index (χ1) is 8.20. The van der Waals surface area contributed by atoms with Crippen LogP contribution in [0, 0.1) is 11.7 Å². The molecule has 1 heterocycles. The minimum absolute atomic E-state index is 0.0398. The standard InChI is InChI=1S/C13H15FO3/c1-16-13-3-2-10(7-11(13)14)12(15)6-9-4-5-17-8-9/h2-3,7,9H,4-6,8H2,1H3. The third-order valence-corrected chi connectivity index (χ3v) is 2.97. The lowest BCUT2D eigenvalue weighted by molar-refractivity contribution is 0.0952. The van der Waals surface area contributed by atoms with Gasteiger partial charge in [0, 0.05) is 25.2 Å². The van der Waals surface area contributed by atoms with Gasteiger partial charge in [0.1, 0.15) is 0 Å². The van der Waals surface area contributed by atoms with E-state index in [0.717, 1.165) is 13.0 Å². The molecule has 1 aliphatic rings. The van der Waals surface area contributed by atoms with Crippen LogP contribution in [-0.2, 0) is 4.74 Å². The molecule has 0 spiro atoms. The van der Waals surface area contributed by atoms with E-state index in [1.807, 2.05) is 0 Å². The molecule has 17 heavy (non-hydrogen) atoms. The predicted octanol–water partition coefficient (Wildman–Crippen LogP) is 2.44. The van der Waals surface area contributed by atoms with Gasteiger partial charge in [0.25, 0.3) is 0 Å². The van der Waals surface area contributed by atoms with E-state index in [2.05, 4.69) is 0 Å². The lowest BCUT2D eigenvalue weighted by Gasteiger charge is -2.07. The van der Waals surface area contributed by atoms with Crippen LogP contribution in [-0.4, -0.2) is 26.1 Å². The third kappa shape index (κ3) is 2.82. The molecule has 1 unspecified atom stereocenters. The summed E-state index contributed by atoms with van der Waals surface area (Å²) in [7, 11) is 1.40. The number of ketones is 1. The van der Waals surface area contributed by atoms with Gasteiger partial charge in [0.15, 0.2) is 17.3 Å². The molecule has 0 aromatic heterocycles. The Labute approximate surface area is 99.5 Å². The van der Waals surface area contributed by atoms with Crippen LogP contribution in [0.1, 0.15) is 23.2 Å². The van der Waals surface area contributed by atoms with Crippen LogP contribution in [0.5, 0.6) is 5.75 Å². The molecule has 0 N–H and O–H groups in total. The highest BCUT2D eigenvalue weighted by molar-refractivity contribution is 5.96. The highest BCUT2D eigenvalue weighted by Crippen LogP contribution is 2.22. The first-order valence-electron chi connectivity index (χ1n) is 5.65. The van der Waals surface area contributed by atoms with Crippen molar-refractivity contribution in [1.82, 2.24) is 0 Å². The average molecular weight is 238 g/mol. The van der Waals surface area contributed by atoms with Gasteiger partial charge < -0.3 is 9.47 Å². The monoisotopic (exact) mass is 238 g/mol. The first-order valence-corrected chi connectivity index (χ1v) is 5.65. The number of hydrogen-bond acceptors (Lipinski definition) is 3. The molecule has 2 rings (SSSR count). The van der Waals surface area contributed by atoms with Crippen molar-refractivity contribution in [1.29, 1.82) is 0 Å². The molecule has 0 bridgehead atoms. The molecule has 0 radical (unpaired) electrons. The van der Waals surface area contributed by atoms with E-state index in [1.165, 1.54) is 19.2 Å². The third-order valence-electron chi connectivity index (χ3n) is 2.97. The first kappa shape index (κ1) is 12.0. The summed E-state index contributed by atoms with van der Waals surface area (Å²) in [4.78, 5) is 11.9. The predicted molar refractivity (Wildman–Crippen MR) is 60.8 cm³/mol. The lowest BCUT2D eigenvalue weighted by Crippen LogP contribution is -2.09. The maximum absolute atomic E-state index is 13.4. The largest absolute Gasteiger partial charge is 0.494 e. The molecule has 3 nitrogen and oxygen atoms in total. The molecular formula is C13H15FO3. The van der Waals surface area contributed by atoms with E-state index in [1.54, 1.807) is 6.07 Å². The molecule has 1 aliphatic heterocycles. The van der Waals surface area contributed by atoms with Crippen LogP contribution in [0.2, 0.25) is 0 Å². The number of methoxy groups -OCH3 is 1. The zero-order valence-electron chi connectivity index (χ0n) is 9.74. The molecule has 4 heteroatoms. The van der Waals surface area contributed by atoms with Gasteiger partial charge >= 0.3 is 0 Å². The van der Waals surface area contributed by atoms with Gasteiger partial charge in [-0.2, -0.15) is 0 Å². The Morgan fingerprint density at radius 1 is 1.59 bits per heavy atom. The fourth-order valence-electron chi connectivity index (χ4n) is 1.96. The highest BCUT2D eigenvalue weighted by atomic mass is 19.1. The summed E-state index contributed by atoms with van der Waals surface area (Å²) in [6.45, 7) is 1.35. The Kier molecular flexibility index (Phi) is 3.74. The zero-order valence-corrected chi connectivity index (χ0v) is 9.74. The fourth-order valence-corrected chi connectivity index (χ4v) is 1.96. The number of halogens is 1. The van der Waals surface area contributed by atoms with Crippen molar-refractivity contribution in [2.45, 2.75) is 12.8 Å². The maximum Gasteiger partial charge on any atom is 0.165 e. The van der Waals surface area contributed by atoms with Crippen LogP contribution < -0.4 is 4.74 Å². The molecule has 1 aromatic carbocycles. The van der Waals surface area contributed by atoms with Crippen LogP contribution in [0.25, 0.3) is 0 Å². The van der Waals surface area contributed by atoms with E-state index < -0.39 is 5.82 Å². The Balaban J connectivity index is 2.05. The molecule has 1 atom stereocenters. The lowest BCUT2D eigenvalue weighted by atomic mass is 9.97. The van der Waals surface area contributed by atoms with Gasteiger partial charge in [-0.1, -0.05) is 0 Å². The summed E-state index contributed by atoms with van der Waals surface area (Å²) in [5, 5.41) is 0. The Morgan fingerprint density at radius 3 is 3.00 bits per heavy atom. The molecular weight excluding hydrogens is 223 g/mol. The number of carbonyl (C=O) groups excluding carboxylic acids is 1. The fraction of sp³-hybridized carbons (Fsp3) is 0.462. The number of carbonyl (C=O) groups is 1. The summed E-state index contributed by atoms with van der Waals surface area (Å²) < 4.78 is 23.4. The molecule has 1 aromatic rings. The molecule has 0 aliphatic carbocycles. The van der Waals surface area contributed by atoms with E-state index >= 15 is 0 Å². The Morgan fingerprint density at radius 2 is 2.41 bits per heavy atom. The smallest absolute Gasteiger partial charge is 0.165 e. The van der Waals surface area contributed by atoms with E-state index in [-0.39, 0.29) is 17.5 Å². The van der Waals surface area contributed by atoms with Gasteiger partial charge in [0.2, 0.25) is 0 Å². The Hall–Kier alpha value is -1.42. The summed E-state index contributed by atoms with van der Waals surface area (Å²) in [6, 6.07) is 4.31. The maximum atomic E-state index is 13.4. The zero-order chi connectivity index (χ0) is 12.3.